The monoisotopic (exact) mass is 404 g/mol. The molecule has 0 atom stereocenters. The minimum absolute atomic E-state index is 0.0425. The first-order valence-corrected chi connectivity index (χ1v) is 10.4. The number of anilines is 2. The molecular formula is C19H17FN2O3S2. The van der Waals surface area contributed by atoms with Gasteiger partial charge in [0.15, 0.2) is 0 Å². The standard InChI is InChI=1S/C19H17FN2O3S2/c1-21(15-8-3-2-4-9-15)18(23)14-22(17-11-6-5-10-16(17)20)27(24,25)19-12-7-13-26-19/h2-13H,14H2,1H3. The number of halogens is 1. The van der Waals surface area contributed by atoms with Gasteiger partial charge in [-0.25, -0.2) is 12.8 Å². The maximum atomic E-state index is 14.4. The molecule has 0 unspecified atom stereocenters. The number of nitrogens with zero attached hydrogens (tertiary/aromatic N) is 2. The van der Waals surface area contributed by atoms with Crippen molar-refractivity contribution in [1.29, 1.82) is 0 Å². The van der Waals surface area contributed by atoms with E-state index < -0.39 is 28.3 Å². The summed E-state index contributed by atoms with van der Waals surface area (Å²) in [6.45, 7) is -0.521. The van der Waals surface area contributed by atoms with Crippen molar-refractivity contribution in [2.45, 2.75) is 4.21 Å². The zero-order valence-electron chi connectivity index (χ0n) is 14.4. The third-order valence-corrected chi connectivity index (χ3v) is 7.09. The third kappa shape index (κ3) is 4.01. The Bertz CT molecular complexity index is 1020. The summed E-state index contributed by atoms with van der Waals surface area (Å²) in [7, 11) is -2.53. The molecule has 140 valence electrons. The molecule has 3 rings (SSSR count). The van der Waals surface area contributed by atoms with Gasteiger partial charge in [0.2, 0.25) is 5.91 Å². The van der Waals surface area contributed by atoms with E-state index >= 15 is 0 Å². The molecule has 0 spiro atoms. The van der Waals surface area contributed by atoms with E-state index in [0.29, 0.717) is 5.69 Å². The first kappa shape index (κ1) is 19.1. The number of rotatable bonds is 6. The Morgan fingerprint density at radius 2 is 1.67 bits per heavy atom. The van der Waals surface area contributed by atoms with Crippen molar-refractivity contribution in [2.24, 2.45) is 0 Å². The number of carbonyl (C=O) groups excluding carboxylic acids is 1. The number of sulfonamides is 1. The Kier molecular flexibility index (Phi) is 5.57. The molecule has 0 aliphatic heterocycles. The third-order valence-electron chi connectivity index (χ3n) is 3.96. The van der Waals surface area contributed by atoms with Gasteiger partial charge in [0.1, 0.15) is 16.6 Å². The summed E-state index contributed by atoms with van der Waals surface area (Å²) in [5.41, 5.74) is 0.449. The fraction of sp³-hybridized carbons (Fsp3) is 0.105. The van der Waals surface area contributed by atoms with Gasteiger partial charge in [0.25, 0.3) is 10.0 Å². The number of amides is 1. The SMILES string of the molecule is CN(C(=O)CN(c1ccccc1F)S(=O)(=O)c1cccs1)c1ccccc1. The van der Waals surface area contributed by atoms with E-state index in [0.717, 1.165) is 21.7 Å². The second-order valence-corrected chi connectivity index (χ2v) is 8.72. The predicted molar refractivity (Wildman–Crippen MR) is 105 cm³/mol. The maximum absolute atomic E-state index is 14.4. The Hall–Kier alpha value is -2.71. The minimum Gasteiger partial charge on any atom is -0.314 e. The van der Waals surface area contributed by atoms with Crippen molar-refractivity contribution in [2.75, 3.05) is 22.8 Å². The first-order chi connectivity index (χ1) is 12.9. The van der Waals surface area contributed by atoms with Crippen LogP contribution >= 0.6 is 11.3 Å². The van der Waals surface area contributed by atoms with E-state index in [1.807, 2.05) is 6.07 Å². The van der Waals surface area contributed by atoms with Crippen LogP contribution in [0.2, 0.25) is 0 Å². The van der Waals surface area contributed by atoms with Crippen LogP contribution in [0.1, 0.15) is 0 Å². The van der Waals surface area contributed by atoms with Crippen molar-refractivity contribution >= 4 is 38.6 Å². The van der Waals surface area contributed by atoms with Gasteiger partial charge in [-0.15, -0.1) is 11.3 Å². The second-order valence-electron chi connectivity index (χ2n) is 5.68. The molecule has 0 aliphatic carbocycles. The smallest absolute Gasteiger partial charge is 0.274 e. The lowest BCUT2D eigenvalue weighted by Crippen LogP contribution is -2.42. The molecule has 1 amide bonds. The van der Waals surface area contributed by atoms with Crippen molar-refractivity contribution in [1.82, 2.24) is 0 Å². The van der Waals surface area contributed by atoms with Gasteiger partial charge in [-0.3, -0.25) is 9.10 Å². The molecule has 0 saturated carbocycles. The Morgan fingerprint density at radius 1 is 1.00 bits per heavy atom. The quantitative estimate of drug-likeness (QED) is 0.629. The summed E-state index contributed by atoms with van der Waals surface area (Å²) in [5.74, 6) is -1.20. The van der Waals surface area contributed by atoms with E-state index in [9.17, 15) is 17.6 Å². The molecule has 0 bridgehead atoms. The van der Waals surface area contributed by atoms with Crippen LogP contribution in [-0.2, 0) is 14.8 Å². The van der Waals surface area contributed by atoms with Crippen molar-refractivity contribution in [3.63, 3.8) is 0 Å². The van der Waals surface area contributed by atoms with Crippen molar-refractivity contribution in [3.05, 3.63) is 77.9 Å². The molecule has 1 aromatic heterocycles. The minimum atomic E-state index is -4.08. The Balaban J connectivity index is 1.98. The molecule has 0 saturated heterocycles. The lowest BCUT2D eigenvalue weighted by Gasteiger charge is -2.26. The lowest BCUT2D eigenvalue weighted by molar-refractivity contribution is -0.116. The number of hydrogen-bond donors (Lipinski definition) is 0. The van der Waals surface area contributed by atoms with E-state index in [4.69, 9.17) is 0 Å². The zero-order chi connectivity index (χ0) is 19.4. The lowest BCUT2D eigenvalue weighted by atomic mass is 10.3. The normalized spacial score (nSPS) is 11.2. The van der Waals surface area contributed by atoms with Crippen molar-refractivity contribution < 1.29 is 17.6 Å². The molecule has 0 fully saturated rings. The van der Waals surface area contributed by atoms with Crippen LogP contribution in [0.25, 0.3) is 0 Å². The molecule has 0 radical (unpaired) electrons. The number of benzene rings is 2. The molecule has 0 aliphatic rings. The summed E-state index contributed by atoms with van der Waals surface area (Å²) < 4.78 is 41.3. The van der Waals surface area contributed by atoms with Gasteiger partial charge in [-0.1, -0.05) is 36.4 Å². The maximum Gasteiger partial charge on any atom is 0.274 e. The van der Waals surface area contributed by atoms with Crippen LogP contribution in [0.3, 0.4) is 0 Å². The number of para-hydroxylation sites is 2. The molecule has 5 nitrogen and oxygen atoms in total. The van der Waals surface area contributed by atoms with Gasteiger partial charge in [-0.2, -0.15) is 0 Å². The Labute approximate surface area is 161 Å². The summed E-state index contributed by atoms with van der Waals surface area (Å²) in [5, 5.41) is 1.62. The van der Waals surface area contributed by atoms with Gasteiger partial charge < -0.3 is 4.90 Å². The fourth-order valence-electron chi connectivity index (χ4n) is 2.50. The molecule has 2 aromatic carbocycles. The summed E-state index contributed by atoms with van der Waals surface area (Å²) in [6.07, 6.45) is 0. The van der Waals surface area contributed by atoms with E-state index in [2.05, 4.69) is 0 Å². The van der Waals surface area contributed by atoms with Crippen LogP contribution in [0.5, 0.6) is 0 Å². The highest BCUT2D eigenvalue weighted by Gasteiger charge is 2.30. The highest BCUT2D eigenvalue weighted by Crippen LogP contribution is 2.28. The van der Waals surface area contributed by atoms with Gasteiger partial charge >= 0.3 is 0 Å². The largest absolute Gasteiger partial charge is 0.314 e. The number of carbonyl (C=O) groups is 1. The highest BCUT2D eigenvalue weighted by atomic mass is 32.2. The molecular weight excluding hydrogens is 387 g/mol. The topological polar surface area (TPSA) is 57.7 Å². The van der Waals surface area contributed by atoms with Gasteiger partial charge in [-0.05, 0) is 35.7 Å². The van der Waals surface area contributed by atoms with Crippen LogP contribution < -0.4 is 9.21 Å². The Morgan fingerprint density at radius 3 is 2.30 bits per heavy atom. The van der Waals surface area contributed by atoms with Crippen LogP contribution in [-0.4, -0.2) is 27.9 Å². The zero-order valence-corrected chi connectivity index (χ0v) is 16.1. The van der Waals surface area contributed by atoms with Crippen LogP contribution in [0, 0.1) is 5.82 Å². The van der Waals surface area contributed by atoms with E-state index in [1.165, 1.54) is 29.2 Å². The summed E-state index contributed by atoms with van der Waals surface area (Å²) in [6, 6.07) is 17.4. The number of hydrogen-bond acceptors (Lipinski definition) is 4. The summed E-state index contributed by atoms with van der Waals surface area (Å²) >= 11 is 1.01. The molecule has 1 heterocycles. The van der Waals surface area contributed by atoms with E-state index in [1.54, 1.807) is 42.8 Å². The van der Waals surface area contributed by atoms with Gasteiger partial charge in [0.05, 0.1) is 5.69 Å². The van der Waals surface area contributed by atoms with E-state index in [-0.39, 0.29) is 9.90 Å². The molecule has 8 heteroatoms. The molecule has 3 aromatic rings. The van der Waals surface area contributed by atoms with Gasteiger partial charge in [0, 0.05) is 12.7 Å². The van der Waals surface area contributed by atoms with Crippen LogP contribution in [0.4, 0.5) is 15.8 Å². The van der Waals surface area contributed by atoms with Crippen molar-refractivity contribution in [3.8, 4) is 0 Å². The number of thiophene rings is 1. The average Bonchev–Trinajstić information content (AvgIpc) is 3.22. The molecule has 27 heavy (non-hydrogen) atoms. The van der Waals surface area contributed by atoms with Crippen LogP contribution in [0.15, 0.2) is 76.3 Å². The predicted octanol–water partition coefficient (Wildman–Crippen LogP) is 3.75. The summed E-state index contributed by atoms with van der Waals surface area (Å²) in [4.78, 5) is 14.1. The molecule has 0 N–H and O–H groups in total. The average molecular weight is 404 g/mol. The highest BCUT2D eigenvalue weighted by molar-refractivity contribution is 7.94. The first-order valence-electron chi connectivity index (χ1n) is 8.03. The number of likely N-dealkylation sites (N-methyl/N-ethyl adjacent to an activating group) is 1. The second kappa shape index (κ2) is 7.89. The fourth-order valence-corrected chi connectivity index (χ4v) is 5.02.